The van der Waals surface area contributed by atoms with Crippen LogP contribution in [-0.4, -0.2) is 48.4 Å². The summed E-state index contributed by atoms with van der Waals surface area (Å²) in [5.41, 5.74) is 5.09. The molecule has 0 radical (unpaired) electrons. The van der Waals surface area contributed by atoms with Gasteiger partial charge in [0.05, 0.1) is 25.3 Å². The van der Waals surface area contributed by atoms with Gasteiger partial charge in [-0.05, 0) is 27.7 Å². The Morgan fingerprint density at radius 3 is 2.62 bits per heavy atom. The normalized spacial score (nSPS) is 26.7. The number of nitrogens with two attached hydrogens (primary N) is 1. The number of carbonyl (C=O) groups is 1. The fourth-order valence-electron chi connectivity index (χ4n) is 1.65. The highest BCUT2D eigenvalue weighted by Gasteiger charge is 2.30. The van der Waals surface area contributed by atoms with Crippen LogP contribution in [0.2, 0.25) is 0 Å². The zero-order valence-corrected chi connectivity index (χ0v) is 10.5. The molecule has 0 aromatic heterocycles. The zero-order valence-electron chi connectivity index (χ0n) is 10.5. The van der Waals surface area contributed by atoms with Gasteiger partial charge >= 0.3 is 6.09 Å². The van der Waals surface area contributed by atoms with Gasteiger partial charge in [-0.15, -0.1) is 0 Å². The fourth-order valence-corrected chi connectivity index (χ4v) is 1.65. The van der Waals surface area contributed by atoms with E-state index in [4.69, 9.17) is 15.2 Å². The molecular formula is C11H22N2O3. The third kappa shape index (κ3) is 3.98. The van der Waals surface area contributed by atoms with Crippen molar-refractivity contribution >= 4 is 6.09 Å². The minimum atomic E-state index is -0.461. The zero-order chi connectivity index (χ0) is 12.3. The third-order valence-electron chi connectivity index (χ3n) is 2.24. The second kappa shape index (κ2) is 5.01. The highest BCUT2D eigenvalue weighted by molar-refractivity contribution is 5.68. The number of morpholine rings is 1. The van der Waals surface area contributed by atoms with Gasteiger partial charge in [-0.2, -0.15) is 0 Å². The topological polar surface area (TPSA) is 64.8 Å². The van der Waals surface area contributed by atoms with E-state index in [0.29, 0.717) is 19.6 Å². The number of ether oxygens (including phenoxy) is 2. The van der Waals surface area contributed by atoms with Gasteiger partial charge in [0.25, 0.3) is 0 Å². The van der Waals surface area contributed by atoms with E-state index in [0.717, 1.165) is 0 Å². The summed E-state index contributed by atoms with van der Waals surface area (Å²) in [6.45, 7) is 8.99. The largest absolute Gasteiger partial charge is 0.444 e. The molecule has 0 aromatic rings. The SMILES string of the molecule is CC1CN(C(=O)OC(C)(C)C)CC(CN)O1. The van der Waals surface area contributed by atoms with E-state index in [2.05, 4.69) is 0 Å². The predicted octanol–water partition coefficient (Wildman–Crippen LogP) is 0.970. The Bertz CT molecular complexity index is 250. The number of amides is 1. The quantitative estimate of drug-likeness (QED) is 0.729. The van der Waals surface area contributed by atoms with Crippen LogP contribution in [0.25, 0.3) is 0 Å². The summed E-state index contributed by atoms with van der Waals surface area (Å²) in [5, 5.41) is 0. The highest BCUT2D eigenvalue weighted by Crippen LogP contribution is 2.15. The maximum atomic E-state index is 11.8. The average molecular weight is 230 g/mol. The van der Waals surface area contributed by atoms with Crippen LogP contribution in [0.3, 0.4) is 0 Å². The van der Waals surface area contributed by atoms with Crippen molar-refractivity contribution < 1.29 is 14.3 Å². The smallest absolute Gasteiger partial charge is 0.410 e. The molecule has 5 nitrogen and oxygen atoms in total. The van der Waals surface area contributed by atoms with Gasteiger partial charge in [0.1, 0.15) is 5.60 Å². The van der Waals surface area contributed by atoms with Gasteiger partial charge in [-0.3, -0.25) is 0 Å². The first-order valence-electron chi connectivity index (χ1n) is 5.65. The van der Waals surface area contributed by atoms with Crippen molar-refractivity contribution in [2.45, 2.75) is 45.5 Å². The Morgan fingerprint density at radius 2 is 2.12 bits per heavy atom. The van der Waals surface area contributed by atoms with Crippen LogP contribution in [0, 0.1) is 0 Å². The lowest BCUT2D eigenvalue weighted by molar-refractivity contribution is -0.0757. The molecule has 0 spiro atoms. The first-order chi connectivity index (χ1) is 7.31. The lowest BCUT2D eigenvalue weighted by Gasteiger charge is -2.37. The number of carbonyl (C=O) groups excluding carboxylic acids is 1. The Kier molecular flexibility index (Phi) is 4.15. The first kappa shape index (κ1) is 13.3. The van der Waals surface area contributed by atoms with Crippen molar-refractivity contribution in [2.24, 2.45) is 5.73 Å². The molecule has 1 rings (SSSR count). The molecule has 2 unspecified atom stereocenters. The standard InChI is InChI=1S/C11H22N2O3/c1-8-6-13(7-9(5-12)15-8)10(14)16-11(2,3)4/h8-9H,5-7,12H2,1-4H3. The van der Waals surface area contributed by atoms with E-state index in [1.807, 2.05) is 27.7 Å². The summed E-state index contributed by atoms with van der Waals surface area (Å²) in [4.78, 5) is 13.5. The number of rotatable bonds is 1. The summed E-state index contributed by atoms with van der Waals surface area (Å²) >= 11 is 0. The molecular weight excluding hydrogens is 208 g/mol. The molecule has 0 bridgehead atoms. The van der Waals surface area contributed by atoms with Gasteiger partial charge in [-0.25, -0.2) is 4.79 Å². The van der Waals surface area contributed by atoms with E-state index in [1.54, 1.807) is 4.90 Å². The van der Waals surface area contributed by atoms with Gasteiger partial charge in [-0.1, -0.05) is 0 Å². The van der Waals surface area contributed by atoms with E-state index in [9.17, 15) is 4.79 Å². The molecule has 1 heterocycles. The molecule has 2 atom stereocenters. The third-order valence-corrected chi connectivity index (χ3v) is 2.24. The van der Waals surface area contributed by atoms with Crippen LogP contribution in [-0.2, 0) is 9.47 Å². The van der Waals surface area contributed by atoms with Crippen LogP contribution in [0.4, 0.5) is 4.79 Å². The first-order valence-corrected chi connectivity index (χ1v) is 5.65. The molecule has 1 aliphatic heterocycles. The Hall–Kier alpha value is -0.810. The molecule has 94 valence electrons. The summed E-state index contributed by atoms with van der Waals surface area (Å²) in [6, 6.07) is 0. The summed E-state index contributed by atoms with van der Waals surface area (Å²) < 4.78 is 10.9. The van der Waals surface area contributed by atoms with Crippen molar-refractivity contribution in [1.29, 1.82) is 0 Å². The van der Waals surface area contributed by atoms with E-state index in [-0.39, 0.29) is 18.3 Å². The Labute approximate surface area is 96.9 Å². The van der Waals surface area contributed by atoms with E-state index in [1.165, 1.54) is 0 Å². The molecule has 0 aliphatic carbocycles. The van der Waals surface area contributed by atoms with Gasteiger partial charge in [0.15, 0.2) is 0 Å². The minimum Gasteiger partial charge on any atom is -0.444 e. The van der Waals surface area contributed by atoms with Crippen molar-refractivity contribution in [1.82, 2.24) is 4.90 Å². The van der Waals surface area contributed by atoms with Crippen LogP contribution < -0.4 is 5.73 Å². The molecule has 2 N–H and O–H groups in total. The average Bonchev–Trinajstić information content (AvgIpc) is 2.14. The summed E-state index contributed by atoms with van der Waals surface area (Å²) in [7, 11) is 0. The summed E-state index contributed by atoms with van der Waals surface area (Å²) in [6.07, 6.45) is -0.368. The second-order valence-corrected chi connectivity index (χ2v) is 5.19. The monoisotopic (exact) mass is 230 g/mol. The number of hydrogen-bond donors (Lipinski definition) is 1. The maximum absolute atomic E-state index is 11.8. The van der Waals surface area contributed by atoms with E-state index < -0.39 is 5.60 Å². The highest BCUT2D eigenvalue weighted by atomic mass is 16.6. The van der Waals surface area contributed by atoms with Crippen LogP contribution in [0.15, 0.2) is 0 Å². The number of nitrogens with zero attached hydrogens (tertiary/aromatic N) is 1. The molecule has 1 amide bonds. The van der Waals surface area contributed by atoms with Crippen molar-refractivity contribution in [3.05, 3.63) is 0 Å². The van der Waals surface area contributed by atoms with Crippen molar-refractivity contribution in [3.8, 4) is 0 Å². The molecule has 16 heavy (non-hydrogen) atoms. The second-order valence-electron chi connectivity index (χ2n) is 5.19. The minimum absolute atomic E-state index is 0.00909. The summed E-state index contributed by atoms with van der Waals surface area (Å²) in [5.74, 6) is 0. The molecule has 5 heteroatoms. The molecule has 0 saturated carbocycles. The van der Waals surface area contributed by atoms with Crippen LogP contribution in [0.1, 0.15) is 27.7 Å². The predicted molar refractivity (Wildman–Crippen MR) is 61.2 cm³/mol. The lowest BCUT2D eigenvalue weighted by Crippen LogP contribution is -2.52. The van der Waals surface area contributed by atoms with E-state index >= 15 is 0 Å². The van der Waals surface area contributed by atoms with Crippen LogP contribution >= 0.6 is 0 Å². The Balaban J connectivity index is 2.55. The Morgan fingerprint density at radius 1 is 1.50 bits per heavy atom. The number of hydrogen-bond acceptors (Lipinski definition) is 4. The van der Waals surface area contributed by atoms with Gasteiger partial charge in [0, 0.05) is 6.54 Å². The molecule has 1 aliphatic rings. The van der Waals surface area contributed by atoms with Gasteiger partial charge in [0.2, 0.25) is 0 Å². The van der Waals surface area contributed by atoms with Crippen molar-refractivity contribution in [2.75, 3.05) is 19.6 Å². The van der Waals surface area contributed by atoms with Crippen molar-refractivity contribution in [3.63, 3.8) is 0 Å². The molecule has 1 fully saturated rings. The molecule has 0 aromatic carbocycles. The lowest BCUT2D eigenvalue weighted by atomic mass is 10.2. The van der Waals surface area contributed by atoms with Crippen LogP contribution in [0.5, 0.6) is 0 Å². The molecule has 1 saturated heterocycles. The van der Waals surface area contributed by atoms with Gasteiger partial charge < -0.3 is 20.1 Å². The fraction of sp³-hybridized carbons (Fsp3) is 0.909. The maximum Gasteiger partial charge on any atom is 0.410 e.